The van der Waals surface area contributed by atoms with Crippen molar-refractivity contribution in [2.24, 2.45) is 5.73 Å². The number of aryl methyl sites for hydroxylation is 1. The van der Waals surface area contributed by atoms with Gasteiger partial charge in [-0.25, -0.2) is 0 Å². The number of ether oxygens (including phenoxy) is 1. The summed E-state index contributed by atoms with van der Waals surface area (Å²) in [5.41, 5.74) is 10.5. The molecule has 0 spiro atoms. The van der Waals surface area contributed by atoms with Crippen molar-refractivity contribution < 1.29 is 14.3 Å². The maximum Gasteiger partial charge on any atom is 0.255 e. The molecular formula is C25H28N4O3. The fourth-order valence-electron chi connectivity index (χ4n) is 4.28. The topological polar surface area (TPSA) is 80.8 Å². The van der Waals surface area contributed by atoms with E-state index in [0.717, 1.165) is 47.2 Å². The number of rotatable bonds is 5. The van der Waals surface area contributed by atoms with Gasteiger partial charge in [0.2, 0.25) is 5.91 Å². The van der Waals surface area contributed by atoms with Gasteiger partial charge in [0.25, 0.3) is 5.91 Å². The van der Waals surface area contributed by atoms with Gasteiger partial charge < -0.3 is 24.8 Å². The van der Waals surface area contributed by atoms with Crippen LogP contribution >= 0.6 is 0 Å². The van der Waals surface area contributed by atoms with Gasteiger partial charge in [-0.05, 0) is 68.4 Å². The van der Waals surface area contributed by atoms with Crippen molar-refractivity contribution >= 4 is 17.5 Å². The van der Waals surface area contributed by atoms with Gasteiger partial charge in [0.15, 0.2) is 0 Å². The highest BCUT2D eigenvalue weighted by Crippen LogP contribution is 2.25. The average Bonchev–Trinajstić information content (AvgIpc) is 3.12. The molecule has 166 valence electrons. The first-order chi connectivity index (χ1) is 15.4. The quantitative estimate of drug-likeness (QED) is 0.672. The van der Waals surface area contributed by atoms with E-state index in [9.17, 15) is 9.59 Å². The van der Waals surface area contributed by atoms with Crippen LogP contribution in [0.2, 0.25) is 0 Å². The minimum atomic E-state index is -0.431. The lowest BCUT2D eigenvalue weighted by Gasteiger charge is -2.36. The first-order valence-corrected chi connectivity index (χ1v) is 10.7. The number of carbonyl (C=O) groups is 2. The summed E-state index contributed by atoms with van der Waals surface area (Å²) >= 11 is 0. The minimum Gasteiger partial charge on any atom is -0.497 e. The Labute approximate surface area is 188 Å². The molecule has 0 aliphatic carbocycles. The van der Waals surface area contributed by atoms with Crippen molar-refractivity contribution in [2.45, 2.75) is 13.8 Å². The predicted molar refractivity (Wildman–Crippen MR) is 125 cm³/mol. The van der Waals surface area contributed by atoms with Crippen LogP contribution in [0.25, 0.3) is 5.69 Å². The highest BCUT2D eigenvalue weighted by atomic mass is 16.5. The van der Waals surface area contributed by atoms with Crippen LogP contribution in [-0.2, 0) is 0 Å². The zero-order chi connectivity index (χ0) is 22.8. The lowest BCUT2D eigenvalue weighted by molar-refractivity contribution is 0.0746. The van der Waals surface area contributed by atoms with Crippen LogP contribution in [-0.4, -0.2) is 54.6 Å². The molecule has 1 aliphatic heterocycles. The van der Waals surface area contributed by atoms with Gasteiger partial charge in [-0.15, -0.1) is 0 Å². The zero-order valence-electron chi connectivity index (χ0n) is 18.7. The van der Waals surface area contributed by atoms with Gasteiger partial charge in [0, 0.05) is 54.5 Å². The minimum absolute atomic E-state index is 0.0570. The highest BCUT2D eigenvalue weighted by Gasteiger charge is 2.25. The Bertz CT molecular complexity index is 1130. The number of hydrogen-bond donors (Lipinski definition) is 1. The molecule has 1 fully saturated rings. The normalized spacial score (nSPS) is 13.8. The van der Waals surface area contributed by atoms with Gasteiger partial charge in [0.1, 0.15) is 5.75 Å². The Balaban J connectivity index is 1.47. The molecule has 2 N–H and O–H groups in total. The summed E-state index contributed by atoms with van der Waals surface area (Å²) < 4.78 is 7.35. The first-order valence-electron chi connectivity index (χ1n) is 10.7. The number of benzene rings is 2. The molecule has 32 heavy (non-hydrogen) atoms. The molecule has 7 heteroatoms. The van der Waals surface area contributed by atoms with Crippen molar-refractivity contribution in [1.82, 2.24) is 9.47 Å². The molecule has 3 aromatic rings. The molecule has 2 heterocycles. The van der Waals surface area contributed by atoms with Crippen LogP contribution in [0.3, 0.4) is 0 Å². The number of aromatic nitrogens is 1. The number of hydrogen-bond acceptors (Lipinski definition) is 4. The molecule has 7 nitrogen and oxygen atoms in total. The van der Waals surface area contributed by atoms with Crippen LogP contribution in [0.1, 0.15) is 32.1 Å². The van der Waals surface area contributed by atoms with Gasteiger partial charge in [-0.2, -0.15) is 0 Å². The second-order valence-corrected chi connectivity index (χ2v) is 8.01. The van der Waals surface area contributed by atoms with Gasteiger partial charge in [-0.3, -0.25) is 9.59 Å². The van der Waals surface area contributed by atoms with Gasteiger partial charge in [-0.1, -0.05) is 0 Å². The van der Waals surface area contributed by atoms with E-state index in [0.29, 0.717) is 18.7 Å². The molecular weight excluding hydrogens is 404 g/mol. The van der Waals surface area contributed by atoms with Gasteiger partial charge in [0.05, 0.1) is 12.7 Å². The molecule has 2 aromatic carbocycles. The summed E-state index contributed by atoms with van der Waals surface area (Å²) in [6.07, 6.45) is 0. The third kappa shape index (κ3) is 4.06. The third-order valence-corrected chi connectivity index (χ3v) is 6.08. The van der Waals surface area contributed by atoms with E-state index in [4.69, 9.17) is 10.5 Å². The number of anilines is 1. The van der Waals surface area contributed by atoms with Crippen molar-refractivity contribution in [1.29, 1.82) is 0 Å². The summed E-state index contributed by atoms with van der Waals surface area (Å²) in [4.78, 5) is 28.7. The van der Waals surface area contributed by atoms with E-state index >= 15 is 0 Å². The molecule has 0 unspecified atom stereocenters. The molecule has 1 aliphatic rings. The monoisotopic (exact) mass is 432 g/mol. The largest absolute Gasteiger partial charge is 0.497 e. The summed E-state index contributed by atoms with van der Waals surface area (Å²) in [5.74, 6) is 0.426. The Morgan fingerprint density at radius 1 is 0.875 bits per heavy atom. The summed E-state index contributed by atoms with van der Waals surface area (Å²) in [6.45, 7) is 6.76. The van der Waals surface area contributed by atoms with E-state index in [1.54, 1.807) is 19.2 Å². The molecule has 1 saturated heterocycles. The average molecular weight is 433 g/mol. The number of amides is 2. The molecule has 2 amide bonds. The molecule has 0 radical (unpaired) electrons. The van der Waals surface area contributed by atoms with Crippen LogP contribution in [0.15, 0.2) is 54.6 Å². The molecule has 4 rings (SSSR count). The summed E-state index contributed by atoms with van der Waals surface area (Å²) in [7, 11) is 1.65. The van der Waals surface area contributed by atoms with E-state index in [-0.39, 0.29) is 5.91 Å². The van der Waals surface area contributed by atoms with Gasteiger partial charge >= 0.3 is 0 Å². The fraction of sp³-hybridized carbons (Fsp3) is 0.280. The standard InChI is InChI=1S/C25H28N4O3/c1-17-16-23(18(2)29(17)21-8-10-22(32-3)11-9-21)25(31)28-14-12-27(13-15-28)20-6-4-19(5-7-20)24(26)30/h4-11,16H,12-15H2,1-3H3,(H2,26,30). The number of methoxy groups -OCH3 is 1. The maximum absolute atomic E-state index is 13.3. The van der Waals surface area contributed by atoms with Crippen LogP contribution in [0.5, 0.6) is 5.75 Å². The molecule has 1 aromatic heterocycles. The Morgan fingerprint density at radius 2 is 1.47 bits per heavy atom. The third-order valence-electron chi connectivity index (χ3n) is 6.08. The number of nitrogens with two attached hydrogens (primary N) is 1. The molecule has 0 atom stereocenters. The van der Waals surface area contributed by atoms with Crippen molar-refractivity contribution in [3.8, 4) is 11.4 Å². The molecule has 0 bridgehead atoms. The summed E-state index contributed by atoms with van der Waals surface area (Å²) in [5, 5.41) is 0. The predicted octanol–water partition coefficient (Wildman–Crippen LogP) is 3.16. The van der Waals surface area contributed by atoms with Crippen molar-refractivity contribution in [3.05, 3.63) is 77.1 Å². The van der Waals surface area contributed by atoms with Crippen LogP contribution < -0.4 is 15.4 Å². The van der Waals surface area contributed by atoms with E-state index in [2.05, 4.69) is 9.47 Å². The van der Waals surface area contributed by atoms with Crippen molar-refractivity contribution in [2.75, 3.05) is 38.2 Å². The zero-order valence-corrected chi connectivity index (χ0v) is 18.7. The Morgan fingerprint density at radius 3 is 2.03 bits per heavy atom. The number of nitrogens with zero attached hydrogens (tertiary/aromatic N) is 3. The lowest BCUT2D eigenvalue weighted by atomic mass is 10.1. The second kappa shape index (κ2) is 8.78. The smallest absolute Gasteiger partial charge is 0.255 e. The number of piperazine rings is 1. The number of primary amides is 1. The van der Waals surface area contributed by atoms with E-state index < -0.39 is 5.91 Å². The van der Waals surface area contributed by atoms with E-state index in [1.165, 1.54) is 0 Å². The number of carbonyl (C=O) groups excluding carboxylic acids is 2. The Kier molecular flexibility index (Phi) is 5.90. The van der Waals surface area contributed by atoms with E-state index in [1.807, 2.05) is 61.2 Å². The second-order valence-electron chi connectivity index (χ2n) is 8.01. The first kappa shape index (κ1) is 21.5. The van der Waals surface area contributed by atoms with Crippen LogP contribution in [0, 0.1) is 13.8 Å². The highest BCUT2D eigenvalue weighted by molar-refractivity contribution is 5.96. The van der Waals surface area contributed by atoms with Crippen molar-refractivity contribution in [3.63, 3.8) is 0 Å². The SMILES string of the molecule is COc1ccc(-n2c(C)cc(C(=O)N3CCN(c4ccc(C(N)=O)cc4)CC3)c2C)cc1. The Hall–Kier alpha value is -3.74. The summed E-state index contributed by atoms with van der Waals surface area (Å²) in [6, 6.07) is 17.1. The fourth-order valence-corrected chi connectivity index (χ4v) is 4.28. The lowest BCUT2D eigenvalue weighted by Crippen LogP contribution is -2.48. The molecule has 0 saturated carbocycles. The van der Waals surface area contributed by atoms with Crippen LogP contribution in [0.4, 0.5) is 5.69 Å². The maximum atomic E-state index is 13.3.